The number of rotatable bonds is 3. The lowest BCUT2D eigenvalue weighted by atomic mass is 9.80. The number of hydrazine groups is 1. The zero-order chi connectivity index (χ0) is 14.2. The fraction of sp³-hybridized carbons (Fsp3) is 0.571. The monoisotopic (exact) mass is 270 g/mol. The fourth-order valence-electron chi connectivity index (χ4n) is 3.04. The maximum Gasteiger partial charge on any atom is 0.163 e. The van der Waals surface area contributed by atoms with Crippen molar-refractivity contribution in [1.29, 1.82) is 0 Å². The minimum atomic E-state index is -0.856. The Morgan fingerprint density at radius 1 is 1.21 bits per heavy atom. The first-order valence-corrected chi connectivity index (χ1v) is 6.52. The van der Waals surface area contributed by atoms with E-state index in [0.29, 0.717) is 0 Å². The van der Waals surface area contributed by atoms with E-state index in [0.717, 1.165) is 6.07 Å². The summed E-state index contributed by atoms with van der Waals surface area (Å²) < 4.78 is 33.0. The van der Waals surface area contributed by atoms with Gasteiger partial charge in [0.05, 0.1) is 18.2 Å². The Bertz CT molecular complexity index is 455. The van der Waals surface area contributed by atoms with Crippen LogP contribution in [0.3, 0.4) is 0 Å². The molecule has 5 atom stereocenters. The van der Waals surface area contributed by atoms with Gasteiger partial charge in [-0.15, -0.1) is 0 Å². The molecule has 0 spiro atoms. The topological polar surface area (TPSA) is 47.3 Å². The molecule has 1 aliphatic heterocycles. The molecule has 106 valence electrons. The Morgan fingerprint density at radius 2 is 1.89 bits per heavy atom. The first kappa shape index (κ1) is 14.4. The fourth-order valence-corrected chi connectivity index (χ4v) is 3.04. The van der Waals surface area contributed by atoms with Crippen molar-refractivity contribution in [2.45, 2.75) is 39.0 Å². The Kier molecular flexibility index (Phi) is 4.18. The van der Waals surface area contributed by atoms with Crippen molar-refractivity contribution in [3.05, 3.63) is 35.4 Å². The molecule has 0 saturated carbocycles. The van der Waals surface area contributed by atoms with Gasteiger partial charge >= 0.3 is 0 Å². The first-order valence-electron chi connectivity index (χ1n) is 6.52. The molecule has 1 saturated heterocycles. The molecule has 19 heavy (non-hydrogen) atoms. The van der Waals surface area contributed by atoms with Crippen LogP contribution in [0.5, 0.6) is 0 Å². The molecule has 1 aliphatic rings. The first-order chi connectivity index (χ1) is 8.97. The lowest BCUT2D eigenvalue weighted by molar-refractivity contribution is 0.0473. The lowest BCUT2D eigenvalue weighted by Gasteiger charge is -2.29. The summed E-state index contributed by atoms with van der Waals surface area (Å²) in [5.41, 5.74) is 2.88. The summed E-state index contributed by atoms with van der Waals surface area (Å²) in [7, 11) is 0. The number of hydrogen-bond acceptors (Lipinski definition) is 3. The smallest absolute Gasteiger partial charge is 0.163 e. The van der Waals surface area contributed by atoms with E-state index < -0.39 is 17.7 Å². The quantitative estimate of drug-likeness (QED) is 0.655. The van der Waals surface area contributed by atoms with E-state index in [1.165, 1.54) is 6.07 Å². The predicted octanol–water partition coefficient (Wildman–Crippen LogP) is 2.53. The van der Waals surface area contributed by atoms with Crippen LogP contribution in [0.2, 0.25) is 0 Å². The third-order valence-electron chi connectivity index (χ3n) is 4.20. The summed E-state index contributed by atoms with van der Waals surface area (Å²) in [6.45, 7) is 5.96. The van der Waals surface area contributed by atoms with Gasteiger partial charge in [0, 0.05) is 11.5 Å². The van der Waals surface area contributed by atoms with Crippen LogP contribution < -0.4 is 11.3 Å². The highest BCUT2D eigenvalue weighted by atomic mass is 19.2. The number of nitrogens with one attached hydrogen (secondary N) is 1. The molecule has 3 nitrogen and oxygen atoms in total. The summed E-state index contributed by atoms with van der Waals surface area (Å²) in [5, 5.41) is 0. The van der Waals surface area contributed by atoms with Crippen LogP contribution in [0.25, 0.3) is 0 Å². The van der Waals surface area contributed by atoms with Gasteiger partial charge in [-0.3, -0.25) is 11.3 Å². The van der Waals surface area contributed by atoms with Crippen LogP contribution in [0.4, 0.5) is 8.78 Å². The average molecular weight is 270 g/mol. The predicted molar refractivity (Wildman–Crippen MR) is 69.1 cm³/mol. The van der Waals surface area contributed by atoms with Crippen LogP contribution >= 0.6 is 0 Å². The molecule has 5 heteroatoms. The molecule has 1 heterocycles. The maximum atomic E-state index is 13.9. The summed E-state index contributed by atoms with van der Waals surface area (Å²) in [6.07, 6.45) is 0.0150. The van der Waals surface area contributed by atoms with Crippen molar-refractivity contribution < 1.29 is 13.5 Å². The third-order valence-corrected chi connectivity index (χ3v) is 4.20. The second-order valence-corrected chi connectivity index (χ2v) is 5.27. The summed E-state index contributed by atoms with van der Waals surface area (Å²) in [5.74, 6) is 4.08. The lowest BCUT2D eigenvalue weighted by Crippen LogP contribution is -2.39. The number of benzene rings is 1. The van der Waals surface area contributed by atoms with Crippen molar-refractivity contribution >= 4 is 0 Å². The molecule has 1 fully saturated rings. The molecule has 0 aliphatic carbocycles. The average Bonchev–Trinajstić information content (AvgIpc) is 2.62. The number of ether oxygens (including phenoxy) is 1. The number of nitrogens with two attached hydrogens (primary N) is 1. The van der Waals surface area contributed by atoms with Gasteiger partial charge in [0.15, 0.2) is 11.6 Å². The molecule has 2 rings (SSSR count). The Hall–Kier alpha value is -1.04. The molecule has 3 N–H and O–H groups in total. The van der Waals surface area contributed by atoms with Crippen molar-refractivity contribution in [1.82, 2.24) is 5.43 Å². The minimum Gasteiger partial charge on any atom is -0.375 e. The standard InChI is InChI=1S/C14H20F2N2O/c1-7-8(2)19-9(3)12(7)14(18-17)10-5-4-6-11(15)13(10)16/h4-9,12,14,18H,17H2,1-3H3. The second kappa shape index (κ2) is 5.53. The van der Waals surface area contributed by atoms with Gasteiger partial charge in [0.1, 0.15) is 0 Å². The molecule has 5 unspecified atom stereocenters. The molecule has 0 radical (unpaired) electrons. The van der Waals surface area contributed by atoms with Crippen molar-refractivity contribution in [3.8, 4) is 0 Å². The maximum absolute atomic E-state index is 13.9. The largest absolute Gasteiger partial charge is 0.375 e. The van der Waals surface area contributed by atoms with Crippen molar-refractivity contribution in [3.63, 3.8) is 0 Å². The van der Waals surface area contributed by atoms with E-state index in [2.05, 4.69) is 5.43 Å². The zero-order valence-corrected chi connectivity index (χ0v) is 11.4. The van der Waals surface area contributed by atoms with Gasteiger partial charge in [-0.1, -0.05) is 19.1 Å². The number of halogens is 2. The highest BCUT2D eigenvalue weighted by Gasteiger charge is 2.42. The highest BCUT2D eigenvalue weighted by Crippen LogP contribution is 2.40. The Balaban J connectivity index is 2.37. The van der Waals surface area contributed by atoms with Gasteiger partial charge < -0.3 is 4.74 Å². The summed E-state index contributed by atoms with van der Waals surface area (Å²) in [4.78, 5) is 0. The zero-order valence-electron chi connectivity index (χ0n) is 11.4. The van der Waals surface area contributed by atoms with Crippen LogP contribution in [0.15, 0.2) is 18.2 Å². The van der Waals surface area contributed by atoms with Gasteiger partial charge in [-0.05, 0) is 25.8 Å². The van der Waals surface area contributed by atoms with Crippen LogP contribution in [0, 0.1) is 23.5 Å². The SMILES string of the molecule is CC1OC(C)C(C(NN)c2cccc(F)c2F)C1C. The molecular formula is C14H20F2N2O. The van der Waals surface area contributed by atoms with E-state index >= 15 is 0 Å². The van der Waals surface area contributed by atoms with Crippen LogP contribution in [-0.2, 0) is 4.74 Å². The Morgan fingerprint density at radius 3 is 2.42 bits per heavy atom. The van der Waals surface area contributed by atoms with Crippen LogP contribution in [0.1, 0.15) is 32.4 Å². The van der Waals surface area contributed by atoms with Gasteiger partial charge in [-0.25, -0.2) is 8.78 Å². The van der Waals surface area contributed by atoms with Crippen molar-refractivity contribution in [2.75, 3.05) is 0 Å². The van der Waals surface area contributed by atoms with Gasteiger partial charge in [-0.2, -0.15) is 0 Å². The normalized spacial score (nSPS) is 32.5. The number of hydrogen-bond donors (Lipinski definition) is 2. The molecule has 1 aromatic rings. The minimum absolute atomic E-state index is 0.00343. The summed E-state index contributed by atoms with van der Waals surface area (Å²) in [6, 6.07) is 3.69. The van der Waals surface area contributed by atoms with Crippen LogP contribution in [-0.4, -0.2) is 12.2 Å². The second-order valence-electron chi connectivity index (χ2n) is 5.27. The molecule has 0 aromatic heterocycles. The third kappa shape index (κ3) is 2.50. The van der Waals surface area contributed by atoms with E-state index in [9.17, 15) is 8.78 Å². The van der Waals surface area contributed by atoms with Crippen molar-refractivity contribution in [2.24, 2.45) is 17.7 Å². The van der Waals surface area contributed by atoms with E-state index in [-0.39, 0.29) is 29.6 Å². The highest BCUT2D eigenvalue weighted by molar-refractivity contribution is 5.24. The Labute approximate surface area is 112 Å². The van der Waals surface area contributed by atoms with E-state index in [1.807, 2.05) is 20.8 Å². The summed E-state index contributed by atoms with van der Waals surface area (Å²) >= 11 is 0. The van der Waals surface area contributed by atoms with E-state index in [1.54, 1.807) is 6.07 Å². The molecule has 1 aromatic carbocycles. The molecule has 0 amide bonds. The van der Waals surface area contributed by atoms with Gasteiger partial charge in [0.25, 0.3) is 0 Å². The van der Waals surface area contributed by atoms with Gasteiger partial charge in [0.2, 0.25) is 0 Å². The molecule has 0 bridgehead atoms. The van der Waals surface area contributed by atoms with E-state index in [4.69, 9.17) is 10.6 Å². The molecular weight excluding hydrogens is 250 g/mol.